The normalized spacial score (nSPS) is 20.2. The van der Waals surface area contributed by atoms with E-state index in [1.54, 1.807) is 12.1 Å². The van der Waals surface area contributed by atoms with Crippen molar-refractivity contribution in [3.63, 3.8) is 0 Å². The largest absolute Gasteiger partial charge is 0.491 e. The summed E-state index contributed by atoms with van der Waals surface area (Å²) in [6.45, 7) is 11.8. The lowest BCUT2D eigenvalue weighted by molar-refractivity contribution is 0.0981. The zero-order valence-electron chi connectivity index (χ0n) is 24.3. The molecule has 1 heterocycles. The van der Waals surface area contributed by atoms with Gasteiger partial charge in [-0.3, -0.25) is 18.9 Å². The number of carbonyl (C=O) groups excluding carboxylic acids is 1. The number of ether oxygens (including phenoxy) is 1. The van der Waals surface area contributed by atoms with Crippen LogP contribution in [0.15, 0.2) is 61.7 Å². The zero-order chi connectivity index (χ0) is 29.4. The first-order valence-corrected chi connectivity index (χ1v) is 17.2. The molecular formula is C33H46ClN3O3S. The van der Waals surface area contributed by atoms with Gasteiger partial charge in [-0.25, -0.2) is 0 Å². The van der Waals surface area contributed by atoms with Gasteiger partial charge in [-0.15, -0.1) is 13.2 Å². The maximum atomic E-state index is 13.5. The average Bonchev–Trinajstić information content (AvgIpc) is 2.97. The fraction of sp³-hybridized carbons (Fsp3) is 0.485. The summed E-state index contributed by atoms with van der Waals surface area (Å²) in [6, 6.07) is 11.7. The van der Waals surface area contributed by atoms with Crippen molar-refractivity contribution in [1.82, 2.24) is 4.72 Å². The van der Waals surface area contributed by atoms with Crippen LogP contribution < -0.4 is 19.5 Å². The van der Waals surface area contributed by atoms with Crippen LogP contribution >= 0.6 is 11.6 Å². The van der Waals surface area contributed by atoms with E-state index >= 15 is 0 Å². The summed E-state index contributed by atoms with van der Waals surface area (Å²) in [5.74, 6) is 1.46. The van der Waals surface area contributed by atoms with Gasteiger partial charge in [0.05, 0.1) is 12.3 Å². The van der Waals surface area contributed by atoms with Crippen molar-refractivity contribution in [1.29, 1.82) is 0 Å². The second kappa shape index (κ2) is 14.5. The summed E-state index contributed by atoms with van der Waals surface area (Å²) < 4.78 is 22.4. The number of nitrogens with one attached hydrogen (secondary N) is 1. The zero-order valence-corrected chi connectivity index (χ0v) is 26.0. The molecule has 3 N–H and O–H groups in total. The Hall–Kier alpha value is -2.61. The Morgan fingerprint density at radius 2 is 1.98 bits per heavy atom. The lowest BCUT2D eigenvalue weighted by Crippen LogP contribution is -2.50. The molecule has 0 saturated heterocycles. The van der Waals surface area contributed by atoms with Crippen LogP contribution in [-0.4, -0.2) is 28.5 Å². The van der Waals surface area contributed by atoms with Gasteiger partial charge in [0, 0.05) is 39.2 Å². The fourth-order valence-corrected chi connectivity index (χ4v) is 7.94. The Morgan fingerprint density at radius 3 is 2.68 bits per heavy atom. The molecule has 41 heavy (non-hydrogen) atoms. The molecule has 1 aliphatic carbocycles. The van der Waals surface area contributed by atoms with E-state index in [4.69, 9.17) is 21.5 Å². The number of thiol groups is 1. The van der Waals surface area contributed by atoms with Crippen molar-refractivity contribution in [2.75, 3.05) is 18.1 Å². The third-order valence-corrected chi connectivity index (χ3v) is 11.2. The Bertz CT molecular complexity index is 1280. The number of anilines is 1. The molecule has 0 unspecified atom stereocenters. The molecule has 2 aliphatic rings. The maximum absolute atomic E-state index is 13.5. The average molecular weight is 600 g/mol. The summed E-state index contributed by atoms with van der Waals surface area (Å²) in [5, 5.41) is 6.70. The van der Waals surface area contributed by atoms with Crippen molar-refractivity contribution in [3.05, 3.63) is 83.4 Å². The second-order valence-electron chi connectivity index (χ2n) is 11.5. The van der Waals surface area contributed by atoms with Crippen LogP contribution in [0.3, 0.4) is 0 Å². The number of allylic oxidation sites excluding steroid dienone is 2. The Balaban J connectivity index is 1.69. The predicted octanol–water partition coefficient (Wildman–Crippen LogP) is 6.94. The molecule has 0 bridgehead atoms. The molecule has 1 fully saturated rings. The Morgan fingerprint density at radius 1 is 1.17 bits per heavy atom. The van der Waals surface area contributed by atoms with E-state index in [9.17, 15) is 9.00 Å². The van der Waals surface area contributed by atoms with Crippen LogP contribution in [-0.2, 0) is 23.3 Å². The molecule has 1 aliphatic heterocycles. The lowest BCUT2D eigenvalue weighted by Gasteiger charge is -2.41. The molecule has 3 atom stereocenters. The molecule has 224 valence electrons. The van der Waals surface area contributed by atoms with Crippen molar-refractivity contribution in [3.8, 4) is 5.75 Å². The summed E-state index contributed by atoms with van der Waals surface area (Å²) in [6.07, 6.45) is 12.0. The van der Waals surface area contributed by atoms with E-state index in [2.05, 4.69) is 34.9 Å². The Labute approximate surface area is 252 Å². The van der Waals surface area contributed by atoms with Crippen LogP contribution in [0.5, 0.6) is 5.75 Å². The number of hydrogen-bond acceptors (Lipinski definition) is 4. The molecular weight excluding hydrogens is 554 g/mol. The van der Waals surface area contributed by atoms with Crippen LogP contribution in [0.25, 0.3) is 0 Å². The summed E-state index contributed by atoms with van der Waals surface area (Å²) in [7, 11) is -3.43. The smallest absolute Gasteiger partial charge is 0.262 e. The Kier molecular flexibility index (Phi) is 11.1. The molecule has 6 nitrogen and oxygen atoms in total. The van der Waals surface area contributed by atoms with Crippen LogP contribution in [0.1, 0.15) is 79.8 Å². The first-order chi connectivity index (χ1) is 19.7. The van der Waals surface area contributed by atoms with E-state index in [1.807, 2.05) is 31.2 Å². The SMILES string of the molecule is C=CCC[C@@H](CC)[SH](N)(=O)NC(=O)c1ccc2c(c1)N(C[C@@H]1CC[C@H]1CC=C)Cc1ccc(Cl)cc1CCCCO2. The molecule has 0 radical (unpaired) electrons. The van der Waals surface area contributed by atoms with Gasteiger partial charge in [-0.05, 0) is 111 Å². The monoisotopic (exact) mass is 599 g/mol. The number of benzene rings is 2. The van der Waals surface area contributed by atoms with Gasteiger partial charge in [0.1, 0.15) is 5.75 Å². The third kappa shape index (κ3) is 8.02. The molecule has 0 spiro atoms. The fourth-order valence-electron chi connectivity index (χ4n) is 6.04. The van der Waals surface area contributed by atoms with Crippen molar-refractivity contribution >= 4 is 33.5 Å². The maximum Gasteiger partial charge on any atom is 0.262 e. The quantitative estimate of drug-likeness (QED) is 0.193. The number of amides is 1. The van der Waals surface area contributed by atoms with Crippen LogP contribution in [0, 0.1) is 11.8 Å². The van der Waals surface area contributed by atoms with Crippen LogP contribution in [0.4, 0.5) is 5.69 Å². The highest BCUT2D eigenvalue weighted by atomic mass is 35.5. The van der Waals surface area contributed by atoms with Gasteiger partial charge in [0.25, 0.3) is 5.91 Å². The summed E-state index contributed by atoms with van der Waals surface area (Å²) in [4.78, 5) is 15.8. The van der Waals surface area contributed by atoms with Gasteiger partial charge in [-0.2, -0.15) is 0 Å². The molecule has 1 amide bonds. The second-order valence-corrected chi connectivity index (χ2v) is 14.3. The summed E-state index contributed by atoms with van der Waals surface area (Å²) >= 11 is 6.40. The van der Waals surface area contributed by atoms with Crippen LogP contribution in [0.2, 0.25) is 5.02 Å². The minimum absolute atomic E-state index is 0.298. The highest BCUT2D eigenvalue weighted by Gasteiger charge is 2.33. The molecule has 4 rings (SSSR count). The minimum atomic E-state index is -3.43. The number of nitrogens with zero attached hydrogens (tertiary/aromatic N) is 1. The number of fused-ring (bicyclic) bond motifs is 2. The number of nitrogens with two attached hydrogens (primary N) is 1. The number of carbonyl (C=O) groups is 1. The first-order valence-electron chi connectivity index (χ1n) is 15.0. The molecule has 1 saturated carbocycles. The number of hydrogen-bond donors (Lipinski definition) is 3. The first kappa shape index (κ1) is 31.3. The third-order valence-electron chi connectivity index (χ3n) is 8.68. The van der Waals surface area contributed by atoms with Crippen molar-refractivity contribution in [2.45, 2.75) is 76.5 Å². The van der Waals surface area contributed by atoms with Gasteiger partial charge in [-0.1, -0.05) is 36.7 Å². The van der Waals surface area contributed by atoms with Gasteiger partial charge < -0.3 is 9.64 Å². The van der Waals surface area contributed by atoms with Crippen molar-refractivity contribution in [2.24, 2.45) is 17.0 Å². The number of rotatable bonds is 11. The molecule has 2 aromatic carbocycles. The highest BCUT2D eigenvalue weighted by molar-refractivity contribution is 8.00. The molecule has 2 aromatic rings. The van der Waals surface area contributed by atoms with E-state index in [1.165, 1.54) is 17.5 Å². The molecule has 0 aromatic heterocycles. The highest BCUT2D eigenvalue weighted by Crippen LogP contribution is 2.41. The van der Waals surface area contributed by atoms with E-state index in [0.717, 1.165) is 55.1 Å². The number of aryl methyl sites for hydroxylation is 1. The standard InChI is InChI=1S/C33H46ClN3O3S/c1-4-7-12-30(6-3)41(35,39)36-33(38)26-16-18-32-31(21-26)37(22-27-14-13-24(27)10-5-2)23-28-15-17-29(34)20-25(28)11-8-9-19-40-32/h4-5,15-18,20-21,24,27,30,41H,1-2,6-14,19,22-23H2,3H3,(H3,35,36,38,39)/t24-,27+,30-/m1/s1. The van der Waals surface area contributed by atoms with E-state index in [0.29, 0.717) is 49.8 Å². The van der Waals surface area contributed by atoms with Gasteiger partial charge in [0.2, 0.25) is 0 Å². The van der Waals surface area contributed by atoms with E-state index in [-0.39, 0.29) is 5.25 Å². The van der Waals surface area contributed by atoms with Gasteiger partial charge >= 0.3 is 0 Å². The topological polar surface area (TPSA) is 84.7 Å². The van der Waals surface area contributed by atoms with Crippen molar-refractivity contribution < 1.29 is 13.7 Å². The minimum Gasteiger partial charge on any atom is -0.491 e. The lowest BCUT2D eigenvalue weighted by atomic mass is 9.71. The molecule has 8 heteroatoms. The van der Waals surface area contributed by atoms with E-state index < -0.39 is 16.2 Å². The predicted molar refractivity (Wildman–Crippen MR) is 173 cm³/mol. The summed E-state index contributed by atoms with van der Waals surface area (Å²) in [5.41, 5.74) is 3.78. The van der Waals surface area contributed by atoms with Gasteiger partial charge in [0.15, 0.2) is 0 Å². The number of halogens is 1.